The highest BCUT2D eigenvalue weighted by Crippen LogP contribution is 2.26. The summed E-state index contributed by atoms with van der Waals surface area (Å²) in [7, 11) is 0. The molecular formula is C12H24N2O2. The smallest absolute Gasteiger partial charge is 0.309 e. The first-order valence-electron chi connectivity index (χ1n) is 5.68. The minimum Gasteiger partial charge on any atom is -0.348 e. The van der Waals surface area contributed by atoms with E-state index in [0.717, 1.165) is 6.42 Å². The van der Waals surface area contributed by atoms with E-state index in [1.807, 2.05) is 13.8 Å². The first-order chi connectivity index (χ1) is 7.07. The zero-order valence-electron chi connectivity index (χ0n) is 11.2. The highest BCUT2D eigenvalue weighted by molar-refractivity contribution is 6.35. The number of hydrogen-bond acceptors (Lipinski definition) is 2. The zero-order chi connectivity index (χ0) is 13.0. The van der Waals surface area contributed by atoms with Gasteiger partial charge in [0.15, 0.2) is 0 Å². The van der Waals surface area contributed by atoms with Gasteiger partial charge in [0, 0.05) is 12.1 Å². The minimum atomic E-state index is -0.565. The molecule has 0 aliphatic rings. The topological polar surface area (TPSA) is 58.2 Å². The van der Waals surface area contributed by atoms with Crippen LogP contribution in [0.15, 0.2) is 0 Å². The Labute approximate surface area is 98.2 Å². The maximum absolute atomic E-state index is 11.5. The molecule has 0 aromatic rings. The van der Waals surface area contributed by atoms with Crippen LogP contribution in [0.3, 0.4) is 0 Å². The molecule has 2 amide bonds. The molecule has 94 valence electrons. The molecule has 0 saturated carbocycles. The van der Waals surface area contributed by atoms with Gasteiger partial charge in [0.25, 0.3) is 0 Å². The molecule has 0 atom stereocenters. The Hall–Kier alpha value is -1.06. The summed E-state index contributed by atoms with van der Waals surface area (Å²) in [5.41, 5.74) is -0.265. The van der Waals surface area contributed by atoms with Crippen LogP contribution in [0.5, 0.6) is 0 Å². The first kappa shape index (κ1) is 14.9. The summed E-state index contributed by atoms with van der Waals surface area (Å²) in [6.45, 7) is 12.4. The third-order valence-electron chi connectivity index (χ3n) is 1.97. The van der Waals surface area contributed by atoms with Gasteiger partial charge in [-0.2, -0.15) is 0 Å². The lowest BCUT2D eigenvalue weighted by molar-refractivity contribution is -0.140. The fraction of sp³-hybridized carbons (Fsp3) is 0.833. The van der Waals surface area contributed by atoms with Crippen LogP contribution in [0.2, 0.25) is 0 Å². The lowest BCUT2D eigenvalue weighted by Crippen LogP contribution is -2.51. The molecule has 0 aliphatic heterocycles. The van der Waals surface area contributed by atoms with Crippen LogP contribution in [0.1, 0.15) is 48.0 Å². The van der Waals surface area contributed by atoms with Crippen molar-refractivity contribution in [2.45, 2.75) is 53.5 Å². The van der Waals surface area contributed by atoms with E-state index in [1.54, 1.807) is 6.92 Å². The van der Waals surface area contributed by atoms with Gasteiger partial charge in [-0.25, -0.2) is 0 Å². The molecule has 0 spiro atoms. The van der Waals surface area contributed by atoms with Crippen molar-refractivity contribution in [3.8, 4) is 0 Å². The van der Waals surface area contributed by atoms with Crippen molar-refractivity contribution in [2.24, 2.45) is 5.41 Å². The van der Waals surface area contributed by atoms with E-state index in [-0.39, 0.29) is 11.0 Å². The monoisotopic (exact) mass is 228 g/mol. The number of carbonyl (C=O) groups excluding carboxylic acids is 2. The Morgan fingerprint density at radius 2 is 1.50 bits per heavy atom. The lowest BCUT2D eigenvalue weighted by Gasteiger charge is -2.33. The lowest BCUT2D eigenvalue weighted by atomic mass is 9.82. The van der Waals surface area contributed by atoms with Crippen molar-refractivity contribution in [2.75, 3.05) is 6.54 Å². The Bertz CT molecular complexity index is 265. The molecule has 4 heteroatoms. The summed E-state index contributed by atoms with van der Waals surface area (Å²) >= 11 is 0. The summed E-state index contributed by atoms with van der Waals surface area (Å²) in [6.07, 6.45) is 0.811. The van der Waals surface area contributed by atoms with Crippen LogP contribution in [0.25, 0.3) is 0 Å². The molecule has 0 aromatic heterocycles. The standard InChI is InChI=1S/C12H24N2O2/c1-7-13-9(15)10(16)14-12(5,6)8-11(2,3)4/h7-8H2,1-6H3,(H,13,15)(H,14,16). The fourth-order valence-corrected chi connectivity index (χ4v) is 1.97. The highest BCUT2D eigenvalue weighted by atomic mass is 16.2. The van der Waals surface area contributed by atoms with E-state index in [1.165, 1.54) is 0 Å². The third kappa shape index (κ3) is 6.43. The molecule has 0 fully saturated rings. The second kappa shape index (κ2) is 5.32. The molecule has 0 saturated heterocycles. The van der Waals surface area contributed by atoms with Gasteiger partial charge >= 0.3 is 11.8 Å². The molecule has 0 aromatic carbocycles. The van der Waals surface area contributed by atoms with Gasteiger partial charge in [0.2, 0.25) is 0 Å². The quantitative estimate of drug-likeness (QED) is 0.718. The number of rotatable bonds is 3. The Morgan fingerprint density at radius 3 is 1.88 bits per heavy atom. The fourth-order valence-electron chi connectivity index (χ4n) is 1.97. The van der Waals surface area contributed by atoms with E-state index >= 15 is 0 Å². The maximum atomic E-state index is 11.5. The summed E-state index contributed by atoms with van der Waals surface area (Å²) in [5, 5.41) is 5.23. The summed E-state index contributed by atoms with van der Waals surface area (Å²) < 4.78 is 0. The Morgan fingerprint density at radius 1 is 1.00 bits per heavy atom. The molecule has 16 heavy (non-hydrogen) atoms. The van der Waals surface area contributed by atoms with Crippen molar-refractivity contribution in [3.63, 3.8) is 0 Å². The molecule has 2 N–H and O–H groups in total. The average Bonchev–Trinajstić information content (AvgIpc) is 1.98. The molecule has 0 radical (unpaired) electrons. The molecule has 0 unspecified atom stereocenters. The van der Waals surface area contributed by atoms with Gasteiger partial charge in [-0.05, 0) is 32.6 Å². The van der Waals surface area contributed by atoms with Crippen LogP contribution in [-0.2, 0) is 9.59 Å². The van der Waals surface area contributed by atoms with Gasteiger partial charge in [-0.15, -0.1) is 0 Å². The SMILES string of the molecule is CCNC(=O)C(=O)NC(C)(C)CC(C)(C)C. The van der Waals surface area contributed by atoms with Crippen LogP contribution >= 0.6 is 0 Å². The van der Waals surface area contributed by atoms with E-state index < -0.39 is 11.8 Å². The number of carbonyl (C=O) groups is 2. The zero-order valence-corrected chi connectivity index (χ0v) is 11.2. The van der Waals surface area contributed by atoms with Crippen LogP contribution in [0, 0.1) is 5.41 Å². The number of likely N-dealkylation sites (N-methyl/N-ethyl adjacent to an activating group) is 1. The van der Waals surface area contributed by atoms with E-state index in [2.05, 4.69) is 31.4 Å². The highest BCUT2D eigenvalue weighted by Gasteiger charge is 2.28. The number of nitrogens with one attached hydrogen (secondary N) is 2. The van der Waals surface area contributed by atoms with Crippen LogP contribution in [-0.4, -0.2) is 23.9 Å². The normalized spacial score (nSPS) is 12.1. The van der Waals surface area contributed by atoms with Crippen molar-refractivity contribution >= 4 is 11.8 Å². The summed E-state index contributed by atoms with van der Waals surface area (Å²) in [4.78, 5) is 22.8. The predicted molar refractivity (Wildman–Crippen MR) is 65.0 cm³/mol. The molecule has 0 bridgehead atoms. The van der Waals surface area contributed by atoms with Crippen molar-refractivity contribution in [1.82, 2.24) is 10.6 Å². The van der Waals surface area contributed by atoms with Gasteiger partial charge in [0.05, 0.1) is 0 Å². The van der Waals surface area contributed by atoms with Crippen molar-refractivity contribution in [1.29, 1.82) is 0 Å². The van der Waals surface area contributed by atoms with Gasteiger partial charge in [0.1, 0.15) is 0 Å². The van der Waals surface area contributed by atoms with Gasteiger partial charge < -0.3 is 10.6 Å². The predicted octanol–water partition coefficient (Wildman–Crippen LogP) is 1.45. The Kier molecular flexibility index (Phi) is 4.97. The van der Waals surface area contributed by atoms with Crippen molar-refractivity contribution < 1.29 is 9.59 Å². The number of amides is 2. The molecule has 0 aliphatic carbocycles. The molecule has 4 nitrogen and oxygen atoms in total. The third-order valence-corrected chi connectivity index (χ3v) is 1.97. The maximum Gasteiger partial charge on any atom is 0.309 e. The van der Waals surface area contributed by atoms with Gasteiger partial charge in [-0.1, -0.05) is 20.8 Å². The van der Waals surface area contributed by atoms with E-state index in [0.29, 0.717) is 6.54 Å². The van der Waals surface area contributed by atoms with Gasteiger partial charge in [-0.3, -0.25) is 9.59 Å². The van der Waals surface area contributed by atoms with Crippen molar-refractivity contribution in [3.05, 3.63) is 0 Å². The summed E-state index contributed by atoms with van der Waals surface area (Å²) in [6, 6.07) is 0. The first-order valence-corrected chi connectivity index (χ1v) is 5.68. The molecular weight excluding hydrogens is 204 g/mol. The molecule has 0 heterocycles. The molecule has 0 rings (SSSR count). The number of hydrogen-bond donors (Lipinski definition) is 2. The summed E-state index contributed by atoms with van der Waals surface area (Å²) in [5.74, 6) is -1.12. The van der Waals surface area contributed by atoms with E-state index in [4.69, 9.17) is 0 Å². The second-order valence-electron chi connectivity index (χ2n) is 5.93. The van der Waals surface area contributed by atoms with Crippen LogP contribution in [0.4, 0.5) is 0 Å². The average molecular weight is 228 g/mol. The van der Waals surface area contributed by atoms with Crippen LogP contribution < -0.4 is 10.6 Å². The second-order valence-corrected chi connectivity index (χ2v) is 5.93. The largest absolute Gasteiger partial charge is 0.348 e. The minimum absolute atomic E-state index is 0.109. The Balaban J connectivity index is 4.36. The van der Waals surface area contributed by atoms with E-state index in [9.17, 15) is 9.59 Å².